The van der Waals surface area contributed by atoms with Crippen LogP contribution in [0.25, 0.3) is 0 Å². The van der Waals surface area contributed by atoms with Crippen molar-refractivity contribution in [3.63, 3.8) is 0 Å². The minimum absolute atomic E-state index is 0.00656. The van der Waals surface area contributed by atoms with Gasteiger partial charge in [-0.05, 0) is 26.2 Å². The molecule has 0 aromatic rings. The Hall–Kier alpha value is -1.39. The van der Waals surface area contributed by atoms with Crippen molar-refractivity contribution < 1.29 is 27.5 Å². The molecule has 0 aromatic heterocycles. The Kier molecular flexibility index (Phi) is 7.16. The fourth-order valence-corrected chi connectivity index (χ4v) is 5.80. The first-order valence-corrected chi connectivity index (χ1v) is 12.0. The van der Waals surface area contributed by atoms with Crippen molar-refractivity contribution in [1.82, 2.24) is 14.7 Å². The molecular formula is C18H31N3O6S. The number of carbonyl (C=O) groups excluding carboxylic acids is 2. The first-order valence-electron chi connectivity index (χ1n) is 10.1. The minimum Gasteiger partial charge on any atom is -0.450 e. The zero-order chi connectivity index (χ0) is 20.1. The van der Waals surface area contributed by atoms with Gasteiger partial charge in [0.2, 0.25) is 5.91 Å². The number of rotatable bonds is 6. The summed E-state index contributed by atoms with van der Waals surface area (Å²) in [6.07, 6.45) is 2.06. The molecule has 3 fully saturated rings. The molecule has 0 radical (unpaired) electrons. The summed E-state index contributed by atoms with van der Waals surface area (Å²) in [7, 11) is -3.07. The third-order valence-corrected chi connectivity index (χ3v) is 7.40. The number of amides is 2. The Labute approximate surface area is 166 Å². The third-order valence-electron chi connectivity index (χ3n) is 5.65. The van der Waals surface area contributed by atoms with E-state index in [0.717, 1.165) is 12.8 Å². The van der Waals surface area contributed by atoms with Crippen LogP contribution in [0.1, 0.15) is 26.2 Å². The monoisotopic (exact) mass is 417 g/mol. The number of hydrogen-bond acceptors (Lipinski definition) is 7. The molecule has 0 aliphatic carbocycles. The number of sulfone groups is 1. The van der Waals surface area contributed by atoms with Gasteiger partial charge in [0.25, 0.3) is 0 Å². The maximum Gasteiger partial charge on any atom is 0.409 e. The fourth-order valence-electron chi connectivity index (χ4n) is 4.07. The van der Waals surface area contributed by atoms with Gasteiger partial charge in [0.15, 0.2) is 9.84 Å². The molecule has 0 aromatic carbocycles. The Morgan fingerprint density at radius 2 is 1.93 bits per heavy atom. The van der Waals surface area contributed by atoms with E-state index in [2.05, 4.69) is 0 Å². The van der Waals surface area contributed by atoms with Gasteiger partial charge in [0, 0.05) is 45.4 Å². The van der Waals surface area contributed by atoms with Crippen molar-refractivity contribution in [3.8, 4) is 0 Å². The highest BCUT2D eigenvalue weighted by Gasteiger charge is 2.37. The number of piperazine rings is 1. The molecule has 0 bridgehead atoms. The van der Waals surface area contributed by atoms with Gasteiger partial charge in [-0.15, -0.1) is 0 Å². The van der Waals surface area contributed by atoms with Crippen LogP contribution in [0.15, 0.2) is 0 Å². The Morgan fingerprint density at radius 3 is 2.50 bits per heavy atom. The van der Waals surface area contributed by atoms with Crippen molar-refractivity contribution in [2.45, 2.75) is 38.3 Å². The molecule has 0 N–H and O–H groups in total. The van der Waals surface area contributed by atoms with Crippen LogP contribution in [0.3, 0.4) is 0 Å². The maximum absolute atomic E-state index is 13.0. The molecule has 0 saturated carbocycles. The molecule has 160 valence electrons. The number of ether oxygens (including phenoxy) is 2. The Morgan fingerprint density at radius 1 is 1.18 bits per heavy atom. The molecule has 28 heavy (non-hydrogen) atoms. The number of nitrogens with zero attached hydrogens (tertiary/aromatic N) is 3. The Balaban J connectivity index is 1.56. The minimum atomic E-state index is -3.07. The average Bonchev–Trinajstić information content (AvgIpc) is 3.29. The van der Waals surface area contributed by atoms with Gasteiger partial charge >= 0.3 is 6.09 Å². The zero-order valence-corrected chi connectivity index (χ0v) is 17.4. The normalized spacial score (nSPS) is 27.7. The summed E-state index contributed by atoms with van der Waals surface area (Å²) >= 11 is 0. The van der Waals surface area contributed by atoms with Crippen molar-refractivity contribution in [2.24, 2.45) is 0 Å². The van der Waals surface area contributed by atoms with E-state index in [-0.39, 0.29) is 42.2 Å². The molecule has 3 aliphatic heterocycles. The van der Waals surface area contributed by atoms with Crippen LogP contribution in [0.2, 0.25) is 0 Å². The summed E-state index contributed by atoms with van der Waals surface area (Å²) in [4.78, 5) is 30.2. The van der Waals surface area contributed by atoms with E-state index in [4.69, 9.17) is 9.47 Å². The summed E-state index contributed by atoms with van der Waals surface area (Å²) in [5.41, 5.74) is 0. The molecule has 2 atom stereocenters. The van der Waals surface area contributed by atoms with Crippen LogP contribution in [-0.2, 0) is 24.1 Å². The van der Waals surface area contributed by atoms with Gasteiger partial charge < -0.3 is 19.3 Å². The highest BCUT2D eigenvalue weighted by Crippen LogP contribution is 2.22. The highest BCUT2D eigenvalue weighted by molar-refractivity contribution is 7.91. The second kappa shape index (κ2) is 9.41. The first-order chi connectivity index (χ1) is 13.4. The topological polar surface area (TPSA) is 96.5 Å². The SMILES string of the molecule is CCOC(=O)N1CCN(CC(=O)N(CC2CCCO2)C2CCS(=O)(=O)C2)CC1. The number of hydrogen-bond donors (Lipinski definition) is 0. The lowest BCUT2D eigenvalue weighted by Gasteiger charge is -2.36. The lowest BCUT2D eigenvalue weighted by Crippen LogP contribution is -2.54. The summed E-state index contributed by atoms with van der Waals surface area (Å²) in [6, 6.07) is -0.262. The molecule has 3 saturated heterocycles. The highest BCUT2D eigenvalue weighted by atomic mass is 32.2. The standard InChI is InChI=1S/C18H31N3O6S/c1-2-26-18(23)20-8-6-19(7-9-20)13-17(22)21(12-16-4-3-10-27-16)15-5-11-28(24,25)14-15/h15-16H,2-14H2,1H3. The van der Waals surface area contributed by atoms with Gasteiger partial charge in [0.05, 0.1) is 30.8 Å². The van der Waals surface area contributed by atoms with Gasteiger partial charge in [-0.25, -0.2) is 13.2 Å². The van der Waals surface area contributed by atoms with Crippen LogP contribution < -0.4 is 0 Å². The van der Waals surface area contributed by atoms with E-state index in [0.29, 0.717) is 52.4 Å². The van der Waals surface area contributed by atoms with Crippen molar-refractivity contribution in [1.29, 1.82) is 0 Å². The molecule has 3 rings (SSSR count). The third kappa shape index (κ3) is 5.57. The summed E-state index contributed by atoms with van der Waals surface area (Å²) in [5.74, 6) is 0.134. The summed E-state index contributed by atoms with van der Waals surface area (Å²) in [6.45, 7) is 5.76. The van der Waals surface area contributed by atoms with Gasteiger partial charge in [-0.3, -0.25) is 9.69 Å². The van der Waals surface area contributed by atoms with E-state index < -0.39 is 9.84 Å². The van der Waals surface area contributed by atoms with Crippen LogP contribution in [0.4, 0.5) is 4.79 Å². The van der Waals surface area contributed by atoms with Crippen molar-refractivity contribution in [2.75, 3.05) is 64.0 Å². The second-order valence-electron chi connectivity index (χ2n) is 7.70. The smallest absolute Gasteiger partial charge is 0.409 e. The first kappa shape index (κ1) is 21.3. The molecule has 2 unspecified atom stereocenters. The maximum atomic E-state index is 13.0. The van der Waals surface area contributed by atoms with Gasteiger partial charge in [-0.1, -0.05) is 0 Å². The van der Waals surface area contributed by atoms with Crippen LogP contribution >= 0.6 is 0 Å². The quantitative estimate of drug-likeness (QED) is 0.598. The molecule has 9 nitrogen and oxygen atoms in total. The molecule has 3 heterocycles. The van der Waals surface area contributed by atoms with E-state index in [1.807, 2.05) is 4.90 Å². The van der Waals surface area contributed by atoms with E-state index >= 15 is 0 Å². The molecule has 2 amide bonds. The second-order valence-corrected chi connectivity index (χ2v) is 9.93. The molecule has 0 spiro atoms. The van der Waals surface area contributed by atoms with E-state index in [1.54, 1.807) is 16.7 Å². The fraction of sp³-hybridized carbons (Fsp3) is 0.889. The van der Waals surface area contributed by atoms with Crippen LogP contribution in [0, 0.1) is 0 Å². The lowest BCUT2D eigenvalue weighted by molar-refractivity contribution is -0.136. The zero-order valence-electron chi connectivity index (χ0n) is 16.5. The van der Waals surface area contributed by atoms with Crippen LogP contribution in [0.5, 0.6) is 0 Å². The van der Waals surface area contributed by atoms with E-state index in [9.17, 15) is 18.0 Å². The molecule has 3 aliphatic rings. The van der Waals surface area contributed by atoms with Crippen molar-refractivity contribution >= 4 is 21.8 Å². The van der Waals surface area contributed by atoms with Crippen LogP contribution in [-0.4, -0.2) is 111 Å². The number of carbonyl (C=O) groups is 2. The van der Waals surface area contributed by atoms with Gasteiger partial charge in [-0.2, -0.15) is 0 Å². The van der Waals surface area contributed by atoms with Gasteiger partial charge in [0.1, 0.15) is 0 Å². The predicted octanol–water partition coefficient (Wildman–Crippen LogP) is -0.0448. The summed E-state index contributed by atoms with van der Waals surface area (Å²) in [5, 5.41) is 0. The Bertz CT molecular complexity index is 656. The average molecular weight is 418 g/mol. The molecule has 10 heteroatoms. The summed E-state index contributed by atoms with van der Waals surface area (Å²) < 4.78 is 34.5. The lowest BCUT2D eigenvalue weighted by atomic mass is 10.1. The largest absolute Gasteiger partial charge is 0.450 e. The molecular weight excluding hydrogens is 386 g/mol. The predicted molar refractivity (Wildman–Crippen MR) is 103 cm³/mol. The van der Waals surface area contributed by atoms with E-state index in [1.165, 1.54) is 0 Å². The van der Waals surface area contributed by atoms with Crippen molar-refractivity contribution in [3.05, 3.63) is 0 Å².